The Hall–Kier alpha value is -0.582. The summed E-state index contributed by atoms with van der Waals surface area (Å²) >= 11 is 0. The van der Waals surface area contributed by atoms with Crippen LogP contribution in [-0.2, 0) is 40.6 Å². The Morgan fingerprint density at radius 2 is 1.73 bits per heavy atom. The van der Waals surface area contributed by atoms with E-state index < -0.39 is 78.8 Å². The standard InChI is InChI=1S/C22H41F5O9Si4/c1-37-34-38(2)36-40(4,14-7-9-18-15-19(28)33-20(18)29)32-11-5-6-12-39(3,35-37)13-8-10-30-16-21(24,31-17-23)22(25,26)27/h18,37-38H,5-17H2,1-4H3. The van der Waals surface area contributed by atoms with E-state index >= 15 is 0 Å². The SMILES string of the molecule is C[SiH]1O[SiH](C)O[Si](C)(CCCC2CC(=O)OC2=O)OCCCC[Si](C)(CCCOCC(F)(OCF)C(F)(F)F)O1. The van der Waals surface area contributed by atoms with Crippen LogP contribution in [0, 0.1) is 5.92 Å². The molecule has 6 atom stereocenters. The molecule has 234 valence electrons. The van der Waals surface area contributed by atoms with Crippen molar-refractivity contribution in [2.45, 2.75) is 94.9 Å². The van der Waals surface area contributed by atoms with Crippen molar-refractivity contribution in [1.29, 1.82) is 0 Å². The number of hydrogen-bond donors (Lipinski definition) is 0. The number of hydrogen-bond acceptors (Lipinski definition) is 9. The first kappa shape index (κ1) is 35.6. The first-order chi connectivity index (χ1) is 18.6. The molecule has 0 amide bonds. The van der Waals surface area contributed by atoms with Crippen LogP contribution in [0.4, 0.5) is 22.0 Å². The molecule has 40 heavy (non-hydrogen) atoms. The van der Waals surface area contributed by atoms with E-state index in [1.54, 1.807) is 0 Å². The average Bonchev–Trinajstić information content (AvgIpc) is 3.13. The number of carbonyl (C=O) groups is 2. The summed E-state index contributed by atoms with van der Waals surface area (Å²) in [5.74, 6) is -5.56. The minimum atomic E-state index is -5.41. The maximum atomic E-state index is 13.9. The van der Waals surface area contributed by atoms with Crippen LogP contribution in [0.25, 0.3) is 0 Å². The quantitative estimate of drug-likeness (QED) is 0.0978. The van der Waals surface area contributed by atoms with E-state index in [1.165, 1.54) is 0 Å². The lowest BCUT2D eigenvalue weighted by molar-refractivity contribution is -0.353. The summed E-state index contributed by atoms with van der Waals surface area (Å²) in [7, 11) is -9.19. The fraction of sp³-hybridized carbons (Fsp3) is 0.909. The van der Waals surface area contributed by atoms with Crippen molar-refractivity contribution in [1.82, 2.24) is 0 Å². The first-order valence-electron chi connectivity index (χ1n) is 13.5. The molecule has 6 unspecified atom stereocenters. The van der Waals surface area contributed by atoms with E-state index in [4.69, 9.17) is 21.5 Å². The van der Waals surface area contributed by atoms with Crippen LogP contribution in [0.2, 0.25) is 44.3 Å². The van der Waals surface area contributed by atoms with E-state index in [0.29, 0.717) is 38.0 Å². The molecule has 0 aromatic carbocycles. The molecule has 0 radical (unpaired) electrons. The van der Waals surface area contributed by atoms with Gasteiger partial charge in [0.05, 0.1) is 12.3 Å². The molecule has 0 spiro atoms. The fourth-order valence-electron chi connectivity index (χ4n) is 4.83. The van der Waals surface area contributed by atoms with Gasteiger partial charge < -0.3 is 31.0 Å². The predicted molar refractivity (Wildman–Crippen MR) is 143 cm³/mol. The van der Waals surface area contributed by atoms with Crippen molar-refractivity contribution in [3.63, 3.8) is 0 Å². The Labute approximate surface area is 237 Å². The second kappa shape index (κ2) is 15.8. The van der Waals surface area contributed by atoms with Gasteiger partial charge in [0.2, 0.25) is 0 Å². The van der Waals surface area contributed by atoms with Crippen molar-refractivity contribution < 1.29 is 62.5 Å². The van der Waals surface area contributed by atoms with E-state index in [-0.39, 0.29) is 13.0 Å². The highest BCUT2D eigenvalue weighted by Crippen LogP contribution is 2.36. The van der Waals surface area contributed by atoms with Crippen LogP contribution in [0.5, 0.6) is 0 Å². The number of esters is 2. The summed E-state index contributed by atoms with van der Waals surface area (Å²) in [6.45, 7) is 4.81. The summed E-state index contributed by atoms with van der Waals surface area (Å²) in [5.41, 5.74) is 0. The molecule has 0 bridgehead atoms. The summed E-state index contributed by atoms with van der Waals surface area (Å²) in [6, 6.07) is 2.00. The van der Waals surface area contributed by atoms with E-state index in [0.717, 1.165) is 18.9 Å². The lowest BCUT2D eigenvalue weighted by Gasteiger charge is -2.35. The smallest absolute Gasteiger partial charge is 0.438 e. The largest absolute Gasteiger partial charge is 0.450 e. The van der Waals surface area contributed by atoms with Crippen molar-refractivity contribution in [2.24, 2.45) is 5.92 Å². The highest BCUT2D eigenvalue weighted by Gasteiger charge is 2.58. The third-order valence-corrected chi connectivity index (χ3v) is 21.8. The van der Waals surface area contributed by atoms with Gasteiger partial charge in [-0.2, -0.15) is 17.6 Å². The molecule has 2 aliphatic heterocycles. The van der Waals surface area contributed by atoms with Crippen LogP contribution < -0.4 is 0 Å². The molecule has 2 fully saturated rings. The number of alkyl halides is 5. The third-order valence-electron chi connectivity index (χ3n) is 6.89. The number of carbonyl (C=O) groups excluding carboxylic acids is 2. The molecule has 18 heteroatoms. The van der Waals surface area contributed by atoms with Gasteiger partial charge in [0, 0.05) is 13.2 Å². The van der Waals surface area contributed by atoms with Crippen LogP contribution in [0.1, 0.15) is 38.5 Å². The van der Waals surface area contributed by atoms with Crippen LogP contribution in [0.15, 0.2) is 0 Å². The first-order valence-corrected chi connectivity index (χ1v) is 23.1. The molecule has 9 nitrogen and oxygen atoms in total. The van der Waals surface area contributed by atoms with Gasteiger partial charge >= 0.3 is 32.5 Å². The summed E-state index contributed by atoms with van der Waals surface area (Å²) in [4.78, 5) is 23.1. The van der Waals surface area contributed by atoms with Crippen molar-refractivity contribution in [3.8, 4) is 0 Å². The second-order valence-corrected chi connectivity index (χ2v) is 22.8. The van der Waals surface area contributed by atoms with Gasteiger partial charge in [0.25, 0.3) is 18.6 Å². The summed E-state index contributed by atoms with van der Waals surface area (Å²) in [5, 5.41) is 0. The topological polar surface area (TPSA) is 98.8 Å². The molecular formula is C22H41F5O9Si4. The van der Waals surface area contributed by atoms with Gasteiger partial charge in [-0.05, 0) is 63.6 Å². The number of rotatable bonds is 12. The maximum absolute atomic E-state index is 13.9. The van der Waals surface area contributed by atoms with E-state index in [2.05, 4.69) is 9.47 Å². The van der Waals surface area contributed by atoms with Gasteiger partial charge in [-0.3, -0.25) is 9.59 Å². The highest BCUT2D eigenvalue weighted by atomic mass is 28.5. The molecular weight excluding hydrogens is 616 g/mol. The number of halogens is 5. The van der Waals surface area contributed by atoms with Crippen LogP contribution in [-0.4, -0.2) is 86.1 Å². The van der Waals surface area contributed by atoms with Crippen LogP contribution in [0.3, 0.4) is 0 Å². The van der Waals surface area contributed by atoms with Gasteiger partial charge in [-0.25, -0.2) is 4.39 Å². The van der Waals surface area contributed by atoms with Crippen molar-refractivity contribution in [3.05, 3.63) is 0 Å². The molecule has 2 heterocycles. The summed E-state index contributed by atoms with van der Waals surface area (Å²) < 4.78 is 103. The maximum Gasteiger partial charge on any atom is 0.450 e. The lowest BCUT2D eigenvalue weighted by Crippen LogP contribution is -2.48. The minimum absolute atomic E-state index is 0.111. The molecule has 2 aliphatic rings. The zero-order valence-electron chi connectivity index (χ0n) is 23.5. The fourth-order valence-corrected chi connectivity index (χ4v) is 19.8. The summed E-state index contributed by atoms with van der Waals surface area (Å²) in [6.07, 6.45) is -2.18. The van der Waals surface area contributed by atoms with E-state index in [1.807, 2.05) is 26.2 Å². The van der Waals surface area contributed by atoms with E-state index in [9.17, 15) is 31.5 Å². The molecule has 0 aliphatic carbocycles. The monoisotopic (exact) mass is 656 g/mol. The Balaban J connectivity index is 1.86. The Kier molecular flexibility index (Phi) is 14.0. The number of ether oxygens (including phenoxy) is 3. The lowest BCUT2D eigenvalue weighted by atomic mass is 10.0. The molecule has 0 aromatic heterocycles. The normalized spacial score (nSPS) is 32.7. The van der Waals surface area contributed by atoms with Gasteiger partial charge in [0.15, 0.2) is 15.2 Å². The van der Waals surface area contributed by atoms with Gasteiger partial charge in [-0.1, -0.05) is 12.8 Å². The van der Waals surface area contributed by atoms with Gasteiger partial charge in [-0.15, -0.1) is 0 Å². The van der Waals surface area contributed by atoms with Crippen molar-refractivity contribution >= 4 is 47.4 Å². The Morgan fingerprint density at radius 3 is 2.35 bits per heavy atom. The highest BCUT2D eigenvalue weighted by molar-refractivity contribution is 6.80. The Bertz CT molecular complexity index is 832. The zero-order chi connectivity index (χ0) is 30.0. The average molecular weight is 657 g/mol. The van der Waals surface area contributed by atoms with Crippen LogP contribution >= 0.6 is 0 Å². The zero-order valence-corrected chi connectivity index (χ0v) is 27.8. The van der Waals surface area contributed by atoms with Crippen molar-refractivity contribution in [2.75, 3.05) is 26.7 Å². The third kappa shape index (κ3) is 11.6. The molecule has 2 saturated heterocycles. The molecule has 0 N–H and O–H groups in total. The predicted octanol–water partition coefficient (Wildman–Crippen LogP) is 4.64. The minimum Gasteiger partial charge on any atom is -0.438 e. The van der Waals surface area contributed by atoms with Gasteiger partial charge in [0.1, 0.15) is 6.61 Å². The Morgan fingerprint density at radius 1 is 1.02 bits per heavy atom. The number of cyclic esters (lactones) is 2. The molecule has 2 rings (SSSR count). The molecule has 0 aromatic rings. The molecule has 0 saturated carbocycles. The second-order valence-electron chi connectivity index (χ2n) is 10.6.